The van der Waals surface area contributed by atoms with Gasteiger partial charge in [0.05, 0.1) is 11.4 Å². The van der Waals surface area contributed by atoms with Crippen LogP contribution in [0.4, 0.5) is 5.69 Å². The van der Waals surface area contributed by atoms with Crippen molar-refractivity contribution in [3.8, 4) is 11.3 Å². The highest BCUT2D eigenvalue weighted by Crippen LogP contribution is 2.23. The molecule has 2 nitrogen and oxygen atoms in total. The Morgan fingerprint density at radius 2 is 1.61 bits per heavy atom. The molecule has 0 fully saturated rings. The highest BCUT2D eigenvalue weighted by Gasteiger charge is 2.09. The second-order valence-electron chi connectivity index (χ2n) is 6.74. The number of hydrogen-bond acceptors (Lipinski definition) is 2. The third-order valence-electron chi connectivity index (χ3n) is 4.66. The van der Waals surface area contributed by atoms with Gasteiger partial charge in [0.25, 0.3) is 0 Å². The van der Waals surface area contributed by atoms with E-state index in [1.807, 2.05) is 12.1 Å². The van der Waals surface area contributed by atoms with E-state index in [2.05, 4.69) is 83.6 Å². The summed E-state index contributed by atoms with van der Waals surface area (Å²) in [6, 6.07) is 26.9. The number of thiazole rings is 1. The normalized spacial score (nSPS) is 11.7. The van der Waals surface area contributed by atoms with E-state index >= 15 is 0 Å². The molecular weight excluding hydrogens is 384 g/mol. The highest BCUT2D eigenvalue weighted by molar-refractivity contribution is 7.07. The van der Waals surface area contributed by atoms with E-state index in [-0.39, 0.29) is 0 Å². The van der Waals surface area contributed by atoms with Crippen LogP contribution < -0.4 is 4.80 Å². The molecule has 0 bridgehead atoms. The van der Waals surface area contributed by atoms with Gasteiger partial charge in [0, 0.05) is 16.9 Å². The summed E-state index contributed by atoms with van der Waals surface area (Å²) in [5, 5.41) is 2.93. The van der Waals surface area contributed by atoms with Crippen molar-refractivity contribution in [3.63, 3.8) is 0 Å². The van der Waals surface area contributed by atoms with Gasteiger partial charge in [0.15, 0.2) is 4.80 Å². The minimum atomic E-state index is 0.749. The Balaban J connectivity index is 1.75. The molecule has 1 aromatic heterocycles. The minimum absolute atomic E-state index is 0.749. The third-order valence-corrected chi connectivity index (χ3v) is 5.78. The van der Waals surface area contributed by atoms with Crippen LogP contribution in [0.3, 0.4) is 0 Å². The average molecular weight is 405 g/mol. The predicted octanol–water partition coefficient (Wildman–Crippen LogP) is 6.65. The Bertz CT molecular complexity index is 1110. The Morgan fingerprint density at radius 1 is 0.893 bits per heavy atom. The van der Waals surface area contributed by atoms with Crippen molar-refractivity contribution in [2.75, 3.05) is 0 Å². The number of nitrogens with zero attached hydrogens (tertiary/aromatic N) is 2. The first-order valence-electron chi connectivity index (χ1n) is 9.29. The van der Waals surface area contributed by atoms with Crippen LogP contribution in [0.2, 0.25) is 5.02 Å². The van der Waals surface area contributed by atoms with Crippen LogP contribution in [-0.4, -0.2) is 4.57 Å². The summed E-state index contributed by atoms with van der Waals surface area (Å²) < 4.78 is 2.31. The van der Waals surface area contributed by atoms with Crippen LogP contribution in [0.15, 0.2) is 89.2 Å². The van der Waals surface area contributed by atoms with E-state index in [4.69, 9.17) is 16.6 Å². The Morgan fingerprint density at radius 3 is 2.32 bits per heavy atom. The van der Waals surface area contributed by atoms with Crippen molar-refractivity contribution in [2.45, 2.75) is 19.9 Å². The zero-order valence-electron chi connectivity index (χ0n) is 15.7. The van der Waals surface area contributed by atoms with Crippen LogP contribution in [0, 0.1) is 6.92 Å². The zero-order chi connectivity index (χ0) is 19.3. The van der Waals surface area contributed by atoms with Crippen LogP contribution in [0.5, 0.6) is 0 Å². The molecule has 0 aliphatic rings. The molecule has 0 aliphatic carbocycles. The SMILES string of the molecule is Cc1ccc(N=c2scc(-c3ccc(Cl)cc3)n2CCc2ccccc2)cc1. The van der Waals surface area contributed by atoms with Crippen LogP contribution in [0.25, 0.3) is 11.3 Å². The van der Waals surface area contributed by atoms with Gasteiger partial charge in [-0.25, -0.2) is 4.99 Å². The summed E-state index contributed by atoms with van der Waals surface area (Å²) in [6.07, 6.45) is 0.958. The number of aryl methyl sites for hydroxylation is 2. The molecule has 4 heteroatoms. The summed E-state index contributed by atoms with van der Waals surface area (Å²) in [5.41, 5.74) is 5.86. The fraction of sp³-hybridized carbons (Fsp3) is 0.125. The number of aromatic nitrogens is 1. The molecule has 1 heterocycles. The standard InChI is InChI=1S/C24H21ClN2S/c1-18-7-13-22(14-8-18)26-24-27(16-15-19-5-3-2-4-6-19)23(17-28-24)20-9-11-21(25)12-10-20/h2-14,17H,15-16H2,1H3. The van der Waals surface area contributed by atoms with Gasteiger partial charge in [-0.05, 0) is 48.7 Å². The minimum Gasteiger partial charge on any atom is -0.316 e. The summed E-state index contributed by atoms with van der Waals surface area (Å²) >= 11 is 7.76. The molecule has 0 unspecified atom stereocenters. The average Bonchev–Trinajstić information content (AvgIpc) is 3.12. The third kappa shape index (κ3) is 4.44. The van der Waals surface area contributed by atoms with E-state index in [1.165, 1.54) is 16.8 Å². The van der Waals surface area contributed by atoms with Crippen molar-refractivity contribution in [1.82, 2.24) is 4.57 Å². The molecule has 4 rings (SSSR count). The smallest absolute Gasteiger partial charge is 0.190 e. The summed E-state index contributed by atoms with van der Waals surface area (Å²) in [7, 11) is 0. The van der Waals surface area contributed by atoms with Gasteiger partial charge >= 0.3 is 0 Å². The van der Waals surface area contributed by atoms with Gasteiger partial charge in [-0.1, -0.05) is 71.8 Å². The van der Waals surface area contributed by atoms with Crippen molar-refractivity contribution in [2.24, 2.45) is 4.99 Å². The zero-order valence-corrected chi connectivity index (χ0v) is 17.3. The first kappa shape index (κ1) is 18.7. The van der Waals surface area contributed by atoms with Crippen molar-refractivity contribution < 1.29 is 0 Å². The molecule has 0 aliphatic heterocycles. The lowest BCUT2D eigenvalue weighted by atomic mass is 10.1. The molecule has 0 spiro atoms. The Labute approximate surface area is 174 Å². The van der Waals surface area contributed by atoms with Gasteiger partial charge in [-0.2, -0.15) is 0 Å². The first-order chi connectivity index (χ1) is 13.7. The van der Waals surface area contributed by atoms with Gasteiger partial charge in [-0.3, -0.25) is 0 Å². The lowest BCUT2D eigenvalue weighted by molar-refractivity contribution is 0.684. The summed E-state index contributed by atoms with van der Waals surface area (Å²) in [5.74, 6) is 0. The monoisotopic (exact) mass is 404 g/mol. The maximum Gasteiger partial charge on any atom is 0.190 e. The topological polar surface area (TPSA) is 17.3 Å². The van der Waals surface area contributed by atoms with Crippen LogP contribution in [0.1, 0.15) is 11.1 Å². The lowest BCUT2D eigenvalue weighted by Gasteiger charge is -2.10. The van der Waals surface area contributed by atoms with Gasteiger partial charge in [0.1, 0.15) is 0 Å². The molecule has 4 aromatic rings. The number of benzene rings is 3. The van der Waals surface area contributed by atoms with Crippen molar-refractivity contribution in [3.05, 3.63) is 105 Å². The van der Waals surface area contributed by atoms with Gasteiger partial charge in [0.2, 0.25) is 0 Å². The molecule has 140 valence electrons. The Hall–Kier alpha value is -2.62. The van der Waals surface area contributed by atoms with E-state index < -0.39 is 0 Å². The lowest BCUT2D eigenvalue weighted by Crippen LogP contribution is -2.17. The quantitative estimate of drug-likeness (QED) is 0.354. The van der Waals surface area contributed by atoms with E-state index in [1.54, 1.807) is 11.3 Å². The second-order valence-corrected chi connectivity index (χ2v) is 8.02. The number of hydrogen-bond donors (Lipinski definition) is 0. The molecule has 0 N–H and O–H groups in total. The number of rotatable bonds is 5. The van der Waals surface area contributed by atoms with Gasteiger partial charge in [-0.15, -0.1) is 11.3 Å². The fourth-order valence-electron chi connectivity index (χ4n) is 3.10. The molecule has 0 saturated heterocycles. The molecule has 0 saturated carbocycles. The maximum absolute atomic E-state index is 6.08. The molecule has 0 amide bonds. The Kier molecular flexibility index (Phi) is 5.75. The molecule has 0 atom stereocenters. The predicted molar refractivity (Wildman–Crippen MR) is 119 cm³/mol. The van der Waals surface area contributed by atoms with Crippen molar-refractivity contribution >= 4 is 28.6 Å². The molecule has 3 aromatic carbocycles. The van der Waals surface area contributed by atoms with Crippen LogP contribution >= 0.6 is 22.9 Å². The van der Waals surface area contributed by atoms with E-state index in [0.717, 1.165) is 34.0 Å². The van der Waals surface area contributed by atoms with E-state index in [9.17, 15) is 0 Å². The summed E-state index contributed by atoms with van der Waals surface area (Å²) in [4.78, 5) is 5.92. The van der Waals surface area contributed by atoms with Crippen molar-refractivity contribution in [1.29, 1.82) is 0 Å². The fourth-order valence-corrected chi connectivity index (χ4v) is 4.18. The first-order valence-corrected chi connectivity index (χ1v) is 10.5. The highest BCUT2D eigenvalue weighted by atomic mass is 35.5. The molecule has 0 radical (unpaired) electrons. The second kappa shape index (κ2) is 8.59. The number of halogens is 1. The summed E-state index contributed by atoms with van der Waals surface area (Å²) in [6.45, 7) is 2.96. The largest absolute Gasteiger partial charge is 0.316 e. The van der Waals surface area contributed by atoms with Gasteiger partial charge < -0.3 is 4.57 Å². The van der Waals surface area contributed by atoms with E-state index in [0.29, 0.717) is 0 Å². The maximum atomic E-state index is 6.08. The molecular formula is C24H21ClN2S. The van der Waals surface area contributed by atoms with Crippen LogP contribution in [-0.2, 0) is 13.0 Å². The molecule has 28 heavy (non-hydrogen) atoms.